The van der Waals surface area contributed by atoms with Gasteiger partial charge in [0.15, 0.2) is 0 Å². The summed E-state index contributed by atoms with van der Waals surface area (Å²) in [6, 6.07) is -0.438. The van der Waals surface area contributed by atoms with Gasteiger partial charge in [-0.15, -0.1) is 0 Å². The zero-order valence-electron chi connectivity index (χ0n) is 12.1. The molecule has 1 rings (SSSR count). The van der Waals surface area contributed by atoms with Crippen LogP contribution in [0.1, 0.15) is 32.6 Å². The predicted molar refractivity (Wildman–Crippen MR) is 71.2 cm³/mol. The van der Waals surface area contributed by atoms with Gasteiger partial charge in [0.1, 0.15) is 5.54 Å². The molecule has 20 heavy (non-hydrogen) atoms. The van der Waals surface area contributed by atoms with Gasteiger partial charge in [0.25, 0.3) is 0 Å². The number of aliphatic carboxylic acids is 1. The maximum absolute atomic E-state index is 12.0. The van der Waals surface area contributed by atoms with E-state index >= 15 is 0 Å². The molecule has 0 aromatic carbocycles. The number of carbonyl (C=O) groups is 3. The molecule has 1 fully saturated rings. The summed E-state index contributed by atoms with van der Waals surface area (Å²) < 4.78 is 4.51. The molecule has 1 atom stereocenters. The highest BCUT2D eigenvalue weighted by Gasteiger charge is 2.48. The van der Waals surface area contributed by atoms with E-state index in [1.807, 2.05) is 0 Å². The Kier molecular flexibility index (Phi) is 5.35. The lowest BCUT2D eigenvalue weighted by Gasteiger charge is -2.29. The highest BCUT2D eigenvalue weighted by atomic mass is 16.5. The van der Waals surface area contributed by atoms with E-state index in [1.165, 1.54) is 18.9 Å². The van der Waals surface area contributed by atoms with Crippen LogP contribution in [-0.2, 0) is 14.3 Å². The lowest BCUT2D eigenvalue weighted by atomic mass is 9.96. The zero-order chi connectivity index (χ0) is 15.3. The molecule has 0 radical (unpaired) electrons. The lowest BCUT2D eigenvalue weighted by molar-refractivity contribution is -0.144. The number of carboxylic acid groups (broad SMARTS) is 1. The second kappa shape index (κ2) is 6.58. The number of nitrogens with zero attached hydrogens (tertiary/aromatic N) is 1. The van der Waals surface area contributed by atoms with Crippen LogP contribution >= 0.6 is 0 Å². The van der Waals surface area contributed by atoms with Gasteiger partial charge in [-0.2, -0.15) is 0 Å². The van der Waals surface area contributed by atoms with Gasteiger partial charge in [-0.25, -0.2) is 9.59 Å². The molecule has 1 aliphatic rings. The molecule has 0 spiro atoms. The lowest BCUT2D eigenvalue weighted by Crippen LogP contribution is -2.57. The molecule has 0 aromatic heterocycles. The van der Waals surface area contributed by atoms with Crippen molar-refractivity contribution in [2.45, 2.75) is 38.1 Å². The van der Waals surface area contributed by atoms with Crippen molar-refractivity contribution >= 4 is 18.0 Å². The van der Waals surface area contributed by atoms with Gasteiger partial charge in [-0.3, -0.25) is 4.79 Å². The predicted octanol–water partition coefficient (Wildman–Crippen LogP) is 0.834. The van der Waals surface area contributed by atoms with Crippen molar-refractivity contribution in [2.24, 2.45) is 5.92 Å². The number of nitrogens with one attached hydrogen (secondary N) is 1. The van der Waals surface area contributed by atoms with E-state index in [0.29, 0.717) is 13.0 Å². The van der Waals surface area contributed by atoms with Crippen LogP contribution in [-0.4, -0.2) is 54.2 Å². The topological polar surface area (TPSA) is 95.9 Å². The minimum atomic E-state index is -1.21. The number of methoxy groups -OCH3 is 1. The number of hydrogen-bond acceptors (Lipinski definition) is 4. The van der Waals surface area contributed by atoms with Gasteiger partial charge in [0, 0.05) is 20.0 Å². The van der Waals surface area contributed by atoms with E-state index in [1.54, 1.807) is 7.05 Å². The smallest absolute Gasteiger partial charge is 0.329 e. The molecule has 1 saturated carbocycles. The van der Waals surface area contributed by atoms with E-state index in [4.69, 9.17) is 0 Å². The second-order valence-electron chi connectivity index (χ2n) is 5.31. The Morgan fingerprint density at radius 2 is 2.00 bits per heavy atom. The van der Waals surface area contributed by atoms with Crippen LogP contribution in [0.5, 0.6) is 0 Å². The molecular weight excluding hydrogens is 264 g/mol. The van der Waals surface area contributed by atoms with Crippen molar-refractivity contribution in [3.8, 4) is 0 Å². The zero-order valence-corrected chi connectivity index (χ0v) is 12.1. The third-order valence-electron chi connectivity index (χ3n) is 3.65. The summed E-state index contributed by atoms with van der Waals surface area (Å²) in [5.74, 6) is -1.35. The molecular formula is C13H22N2O5. The number of rotatable bonds is 7. The van der Waals surface area contributed by atoms with E-state index in [-0.39, 0.29) is 18.3 Å². The minimum absolute atomic E-state index is 0.00702. The number of hydrogen-bond donors (Lipinski definition) is 2. The Hall–Kier alpha value is -1.79. The molecule has 1 aliphatic carbocycles. The van der Waals surface area contributed by atoms with E-state index < -0.39 is 17.5 Å². The molecule has 1 unspecified atom stereocenters. The Labute approximate surface area is 118 Å². The average Bonchev–Trinajstić information content (AvgIpc) is 3.22. The third kappa shape index (κ3) is 4.11. The van der Waals surface area contributed by atoms with Crippen molar-refractivity contribution in [1.82, 2.24) is 10.2 Å². The summed E-state index contributed by atoms with van der Waals surface area (Å²) in [5, 5.41) is 11.8. The van der Waals surface area contributed by atoms with Gasteiger partial charge in [-0.1, -0.05) is 0 Å². The summed E-state index contributed by atoms with van der Waals surface area (Å²) in [4.78, 5) is 35.6. The normalized spacial score (nSPS) is 16.9. The monoisotopic (exact) mass is 286 g/mol. The molecule has 0 heterocycles. The highest BCUT2D eigenvalue weighted by Crippen LogP contribution is 2.39. The summed E-state index contributed by atoms with van der Waals surface area (Å²) >= 11 is 0. The number of carbonyl (C=O) groups excluding carboxylic acids is 2. The van der Waals surface area contributed by atoms with Gasteiger partial charge in [0.2, 0.25) is 0 Å². The molecule has 0 aromatic rings. The number of esters is 1. The fourth-order valence-electron chi connectivity index (χ4n) is 1.97. The molecule has 0 bridgehead atoms. The van der Waals surface area contributed by atoms with Crippen molar-refractivity contribution in [3.05, 3.63) is 0 Å². The van der Waals surface area contributed by atoms with Gasteiger partial charge in [-0.05, 0) is 32.1 Å². The van der Waals surface area contributed by atoms with Crippen molar-refractivity contribution in [3.63, 3.8) is 0 Å². The van der Waals surface area contributed by atoms with E-state index in [2.05, 4.69) is 10.1 Å². The maximum Gasteiger partial charge on any atom is 0.329 e. The second-order valence-corrected chi connectivity index (χ2v) is 5.31. The van der Waals surface area contributed by atoms with Crippen molar-refractivity contribution in [2.75, 3.05) is 20.7 Å². The molecule has 7 heteroatoms. The average molecular weight is 286 g/mol. The summed E-state index contributed by atoms with van der Waals surface area (Å²) in [6.07, 6.45) is 2.33. The minimum Gasteiger partial charge on any atom is -0.480 e. The first kappa shape index (κ1) is 16.3. The first-order valence-corrected chi connectivity index (χ1v) is 6.64. The summed E-state index contributed by atoms with van der Waals surface area (Å²) in [7, 11) is 2.88. The quantitative estimate of drug-likeness (QED) is 0.676. The molecule has 114 valence electrons. The largest absolute Gasteiger partial charge is 0.480 e. The van der Waals surface area contributed by atoms with Crippen LogP contribution < -0.4 is 5.32 Å². The SMILES string of the molecule is COC(=O)CCCN(C)C(=O)NC(C)(C(=O)O)C1CC1. The molecule has 7 nitrogen and oxygen atoms in total. The number of ether oxygens (including phenoxy) is 1. The molecule has 2 N–H and O–H groups in total. The van der Waals surface area contributed by atoms with E-state index in [0.717, 1.165) is 12.8 Å². The number of amides is 2. The fraction of sp³-hybridized carbons (Fsp3) is 0.769. The van der Waals surface area contributed by atoms with E-state index in [9.17, 15) is 19.5 Å². The Morgan fingerprint density at radius 1 is 1.40 bits per heavy atom. The standard InChI is InChI=1S/C13H22N2O5/c1-13(11(17)18,9-6-7-9)14-12(19)15(2)8-4-5-10(16)20-3/h9H,4-8H2,1-3H3,(H,14,19)(H,17,18). The Bertz CT molecular complexity index is 394. The number of carboxylic acids is 1. The van der Waals surface area contributed by atoms with Crippen LogP contribution in [0.15, 0.2) is 0 Å². The molecule has 0 aliphatic heterocycles. The number of urea groups is 1. The third-order valence-corrected chi connectivity index (χ3v) is 3.65. The van der Waals surface area contributed by atoms with Gasteiger partial charge in [0.05, 0.1) is 7.11 Å². The summed E-state index contributed by atoms with van der Waals surface area (Å²) in [5.41, 5.74) is -1.21. The Morgan fingerprint density at radius 3 is 2.45 bits per heavy atom. The summed E-state index contributed by atoms with van der Waals surface area (Å²) in [6.45, 7) is 1.90. The van der Waals surface area contributed by atoms with Crippen LogP contribution in [0.25, 0.3) is 0 Å². The highest BCUT2D eigenvalue weighted by molar-refractivity contribution is 5.86. The van der Waals surface area contributed by atoms with Crippen LogP contribution in [0.2, 0.25) is 0 Å². The van der Waals surface area contributed by atoms with Crippen LogP contribution in [0.3, 0.4) is 0 Å². The maximum atomic E-state index is 12.0. The molecule has 2 amide bonds. The van der Waals surface area contributed by atoms with Crippen molar-refractivity contribution < 1.29 is 24.2 Å². The van der Waals surface area contributed by atoms with Crippen LogP contribution in [0.4, 0.5) is 4.79 Å². The fourth-order valence-corrected chi connectivity index (χ4v) is 1.97. The first-order valence-electron chi connectivity index (χ1n) is 6.64. The molecule has 0 saturated heterocycles. The first-order chi connectivity index (χ1) is 9.31. The Balaban J connectivity index is 2.44. The van der Waals surface area contributed by atoms with Gasteiger partial charge >= 0.3 is 18.0 Å². The van der Waals surface area contributed by atoms with Gasteiger partial charge < -0.3 is 20.1 Å². The van der Waals surface area contributed by atoms with Crippen molar-refractivity contribution in [1.29, 1.82) is 0 Å². The van der Waals surface area contributed by atoms with Crippen LogP contribution in [0, 0.1) is 5.92 Å².